The van der Waals surface area contributed by atoms with Crippen molar-refractivity contribution >= 4 is 5.91 Å². The molecule has 1 atom stereocenters. The number of aromatic nitrogens is 1. The number of hydrogen-bond donors (Lipinski definition) is 0. The quantitative estimate of drug-likeness (QED) is 0.827. The molecule has 0 unspecified atom stereocenters. The number of carbonyl (C=O) groups is 1. The lowest BCUT2D eigenvalue weighted by atomic mass is 9.83. The van der Waals surface area contributed by atoms with Gasteiger partial charge in [0.25, 0.3) is 0 Å². The Morgan fingerprint density at radius 1 is 1.25 bits per heavy atom. The lowest BCUT2D eigenvalue weighted by Gasteiger charge is -2.36. The Morgan fingerprint density at radius 2 is 2.04 bits per heavy atom. The zero-order valence-corrected chi connectivity index (χ0v) is 13.6. The molecule has 1 aliphatic carbocycles. The third-order valence-electron chi connectivity index (χ3n) is 4.65. The number of amides is 1. The SMILES string of the molecule is CCN(C(=O)C1CCC1)[C@H](c1cccnc1)c1ccc(F)c(F)c1. The summed E-state index contributed by atoms with van der Waals surface area (Å²) in [7, 11) is 0. The maximum absolute atomic E-state index is 13.8. The van der Waals surface area contributed by atoms with Crippen molar-refractivity contribution in [1.82, 2.24) is 9.88 Å². The molecule has 1 aliphatic rings. The minimum atomic E-state index is -0.909. The maximum Gasteiger partial charge on any atom is 0.226 e. The van der Waals surface area contributed by atoms with Crippen molar-refractivity contribution in [3.63, 3.8) is 0 Å². The highest BCUT2D eigenvalue weighted by Gasteiger charge is 2.34. The Kier molecular flexibility index (Phi) is 4.88. The number of nitrogens with zero attached hydrogens (tertiary/aromatic N) is 2. The molecule has 1 fully saturated rings. The monoisotopic (exact) mass is 330 g/mol. The molecule has 5 heteroatoms. The predicted molar refractivity (Wildman–Crippen MR) is 87.2 cm³/mol. The first-order chi connectivity index (χ1) is 11.6. The fraction of sp³-hybridized carbons (Fsp3) is 0.368. The second kappa shape index (κ2) is 7.07. The molecule has 0 radical (unpaired) electrons. The van der Waals surface area contributed by atoms with E-state index >= 15 is 0 Å². The number of halogens is 2. The van der Waals surface area contributed by atoms with Crippen LogP contribution in [0.15, 0.2) is 42.7 Å². The van der Waals surface area contributed by atoms with Crippen LogP contribution in [-0.4, -0.2) is 22.3 Å². The minimum Gasteiger partial charge on any atom is -0.332 e. The molecule has 1 saturated carbocycles. The van der Waals surface area contributed by atoms with E-state index in [9.17, 15) is 13.6 Å². The molecule has 0 aliphatic heterocycles. The third-order valence-corrected chi connectivity index (χ3v) is 4.65. The smallest absolute Gasteiger partial charge is 0.226 e. The fourth-order valence-electron chi connectivity index (χ4n) is 3.13. The van der Waals surface area contributed by atoms with Gasteiger partial charge in [-0.05, 0) is 49.1 Å². The first-order valence-corrected chi connectivity index (χ1v) is 8.27. The summed E-state index contributed by atoms with van der Waals surface area (Å²) in [5, 5.41) is 0. The lowest BCUT2D eigenvalue weighted by Crippen LogP contribution is -2.41. The molecule has 1 aromatic carbocycles. The van der Waals surface area contributed by atoms with Gasteiger partial charge in [-0.1, -0.05) is 18.6 Å². The van der Waals surface area contributed by atoms with Crippen molar-refractivity contribution in [3.05, 3.63) is 65.5 Å². The van der Waals surface area contributed by atoms with Crippen LogP contribution in [0.2, 0.25) is 0 Å². The lowest BCUT2D eigenvalue weighted by molar-refractivity contribution is -0.139. The van der Waals surface area contributed by atoms with Crippen molar-refractivity contribution < 1.29 is 13.6 Å². The second-order valence-electron chi connectivity index (χ2n) is 6.11. The van der Waals surface area contributed by atoms with Crippen molar-refractivity contribution in [3.8, 4) is 0 Å². The zero-order valence-electron chi connectivity index (χ0n) is 13.6. The number of pyridine rings is 1. The van der Waals surface area contributed by atoms with Crippen LogP contribution in [-0.2, 0) is 4.79 Å². The van der Waals surface area contributed by atoms with Crippen molar-refractivity contribution in [1.29, 1.82) is 0 Å². The first kappa shape index (κ1) is 16.6. The summed E-state index contributed by atoms with van der Waals surface area (Å²) < 4.78 is 27.1. The van der Waals surface area contributed by atoms with Gasteiger partial charge < -0.3 is 4.90 Å². The van der Waals surface area contributed by atoms with Gasteiger partial charge in [-0.25, -0.2) is 8.78 Å². The fourth-order valence-corrected chi connectivity index (χ4v) is 3.13. The Labute approximate surface area is 140 Å². The largest absolute Gasteiger partial charge is 0.332 e. The minimum absolute atomic E-state index is 0.0365. The van der Waals surface area contributed by atoms with E-state index in [2.05, 4.69) is 4.98 Å². The van der Waals surface area contributed by atoms with Gasteiger partial charge in [0.05, 0.1) is 6.04 Å². The summed E-state index contributed by atoms with van der Waals surface area (Å²) in [6.45, 7) is 2.40. The molecule has 1 heterocycles. The molecule has 24 heavy (non-hydrogen) atoms. The molecule has 1 aromatic heterocycles. The van der Waals surface area contributed by atoms with Crippen LogP contribution in [0, 0.1) is 17.6 Å². The molecule has 0 saturated heterocycles. The van der Waals surface area contributed by atoms with Crippen LogP contribution in [0.25, 0.3) is 0 Å². The summed E-state index contributed by atoms with van der Waals surface area (Å²) in [4.78, 5) is 18.7. The van der Waals surface area contributed by atoms with Gasteiger partial charge >= 0.3 is 0 Å². The molecular weight excluding hydrogens is 310 g/mol. The Hall–Kier alpha value is -2.30. The zero-order chi connectivity index (χ0) is 17.1. The first-order valence-electron chi connectivity index (χ1n) is 8.27. The molecule has 3 nitrogen and oxygen atoms in total. The molecule has 1 amide bonds. The van der Waals surface area contributed by atoms with Crippen molar-refractivity contribution in [2.24, 2.45) is 5.92 Å². The van der Waals surface area contributed by atoms with Gasteiger partial charge in [-0.3, -0.25) is 9.78 Å². The van der Waals surface area contributed by atoms with Gasteiger partial charge in [0.15, 0.2) is 11.6 Å². The number of benzene rings is 1. The molecule has 3 rings (SSSR count). The van der Waals surface area contributed by atoms with Gasteiger partial charge in [0.2, 0.25) is 5.91 Å². The van der Waals surface area contributed by atoms with Crippen LogP contribution in [0.5, 0.6) is 0 Å². The average Bonchev–Trinajstić information content (AvgIpc) is 2.54. The van der Waals surface area contributed by atoms with Gasteiger partial charge in [0, 0.05) is 24.9 Å². The highest BCUT2D eigenvalue weighted by molar-refractivity contribution is 5.80. The van der Waals surface area contributed by atoms with Crippen molar-refractivity contribution in [2.45, 2.75) is 32.2 Å². The molecule has 0 bridgehead atoms. The summed E-state index contributed by atoms with van der Waals surface area (Å²) in [6, 6.07) is 6.98. The highest BCUT2D eigenvalue weighted by atomic mass is 19.2. The highest BCUT2D eigenvalue weighted by Crippen LogP contribution is 2.34. The average molecular weight is 330 g/mol. The van der Waals surface area contributed by atoms with Crippen LogP contribution >= 0.6 is 0 Å². The van der Waals surface area contributed by atoms with Crippen LogP contribution < -0.4 is 0 Å². The Bertz CT molecular complexity index is 717. The second-order valence-corrected chi connectivity index (χ2v) is 6.11. The molecule has 2 aromatic rings. The van der Waals surface area contributed by atoms with E-state index in [-0.39, 0.29) is 11.8 Å². The van der Waals surface area contributed by atoms with Gasteiger partial charge in [0.1, 0.15) is 0 Å². The van der Waals surface area contributed by atoms with E-state index in [1.165, 1.54) is 12.1 Å². The van der Waals surface area contributed by atoms with Crippen molar-refractivity contribution in [2.75, 3.05) is 6.54 Å². The predicted octanol–water partition coefficient (Wildman–Crippen LogP) is 4.10. The van der Waals surface area contributed by atoms with E-state index in [0.29, 0.717) is 12.1 Å². The molecular formula is C19H20F2N2O. The van der Waals surface area contributed by atoms with E-state index < -0.39 is 17.7 Å². The topological polar surface area (TPSA) is 33.2 Å². The molecule has 0 N–H and O–H groups in total. The Morgan fingerprint density at radius 3 is 2.58 bits per heavy atom. The summed E-state index contributed by atoms with van der Waals surface area (Å²) in [6.07, 6.45) is 6.18. The summed E-state index contributed by atoms with van der Waals surface area (Å²) >= 11 is 0. The van der Waals surface area contributed by atoms with Crippen LogP contribution in [0.3, 0.4) is 0 Å². The summed E-state index contributed by atoms with van der Waals surface area (Å²) in [5.41, 5.74) is 1.34. The van der Waals surface area contributed by atoms with E-state index in [1.807, 2.05) is 13.0 Å². The third kappa shape index (κ3) is 3.16. The standard InChI is InChI=1S/C19H20F2N2O/c1-2-23(19(24)13-5-3-6-13)18(15-7-4-10-22-12-15)14-8-9-16(20)17(21)11-14/h4,7-13,18H,2-3,5-6H2,1H3/t18-/m0/s1. The van der Waals surface area contributed by atoms with Crippen LogP contribution in [0.1, 0.15) is 43.4 Å². The van der Waals surface area contributed by atoms with Gasteiger partial charge in [-0.15, -0.1) is 0 Å². The number of rotatable bonds is 5. The van der Waals surface area contributed by atoms with Gasteiger partial charge in [-0.2, -0.15) is 0 Å². The maximum atomic E-state index is 13.8. The Balaban J connectivity index is 2.03. The molecule has 126 valence electrons. The number of carbonyl (C=O) groups excluding carboxylic acids is 1. The summed E-state index contributed by atoms with van der Waals surface area (Å²) in [5.74, 6) is -1.69. The van der Waals surface area contributed by atoms with E-state index in [4.69, 9.17) is 0 Å². The molecule has 0 spiro atoms. The van der Waals surface area contributed by atoms with E-state index in [0.717, 1.165) is 30.9 Å². The van der Waals surface area contributed by atoms with E-state index in [1.54, 1.807) is 23.4 Å². The normalized spacial score (nSPS) is 15.6. The van der Waals surface area contributed by atoms with Crippen LogP contribution in [0.4, 0.5) is 8.78 Å². The number of hydrogen-bond acceptors (Lipinski definition) is 2.